The Morgan fingerprint density at radius 3 is 2.82 bits per heavy atom. The lowest BCUT2D eigenvalue weighted by atomic mass is 10.2. The Morgan fingerprint density at radius 2 is 2.23 bits per heavy atom. The van der Waals surface area contributed by atoms with Crippen LogP contribution in [0.4, 0.5) is 0 Å². The molecular formula is C12H22ClN5O3S. The Hall–Kier alpha value is -1.16. The van der Waals surface area contributed by atoms with Gasteiger partial charge in [0.2, 0.25) is 15.9 Å². The third-order valence-electron chi connectivity index (χ3n) is 3.54. The van der Waals surface area contributed by atoms with E-state index in [0.29, 0.717) is 6.54 Å². The van der Waals surface area contributed by atoms with Crippen LogP contribution in [0.2, 0.25) is 0 Å². The van der Waals surface area contributed by atoms with E-state index in [1.165, 1.54) is 17.1 Å². The number of rotatable bonds is 6. The lowest BCUT2D eigenvalue weighted by molar-refractivity contribution is -0.130. The molecule has 1 aromatic heterocycles. The highest BCUT2D eigenvalue weighted by atomic mass is 35.5. The van der Waals surface area contributed by atoms with Crippen LogP contribution in [0.3, 0.4) is 0 Å². The van der Waals surface area contributed by atoms with E-state index in [9.17, 15) is 13.2 Å². The first-order chi connectivity index (χ1) is 9.94. The quantitative estimate of drug-likeness (QED) is 0.708. The predicted molar refractivity (Wildman–Crippen MR) is 84.3 cm³/mol. The van der Waals surface area contributed by atoms with Crippen LogP contribution in [0.25, 0.3) is 0 Å². The number of carbonyl (C=O) groups excluding carboxylic acids is 1. The topological polar surface area (TPSA) is 96.3 Å². The van der Waals surface area contributed by atoms with Crippen LogP contribution in [0.15, 0.2) is 17.3 Å². The van der Waals surface area contributed by atoms with Gasteiger partial charge in [-0.05, 0) is 19.9 Å². The van der Waals surface area contributed by atoms with Gasteiger partial charge in [0.15, 0.2) is 0 Å². The second-order valence-electron chi connectivity index (χ2n) is 5.12. The zero-order valence-electron chi connectivity index (χ0n) is 12.7. The molecule has 126 valence electrons. The summed E-state index contributed by atoms with van der Waals surface area (Å²) in [5, 5.41) is 6.87. The van der Waals surface area contributed by atoms with Gasteiger partial charge >= 0.3 is 0 Å². The molecule has 2 N–H and O–H groups in total. The number of hydrogen-bond donors (Lipinski definition) is 2. The van der Waals surface area contributed by atoms with E-state index in [2.05, 4.69) is 15.1 Å². The van der Waals surface area contributed by atoms with E-state index in [4.69, 9.17) is 0 Å². The summed E-state index contributed by atoms with van der Waals surface area (Å²) < 4.78 is 27.8. The minimum atomic E-state index is -3.69. The molecule has 1 unspecified atom stereocenters. The number of hydrogen-bond acceptors (Lipinski definition) is 5. The molecule has 0 radical (unpaired) electrons. The number of likely N-dealkylation sites (tertiary alicyclic amines) is 1. The number of halogens is 1. The Labute approximate surface area is 136 Å². The SMILES string of the molecule is CNCC1CCCN1C(=O)CNS(=O)(=O)c1cnn(C)c1.Cl. The van der Waals surface area contributed by atoms with Crippen molar-refractivity contribution in [1.82, 2.24) is 24.7 Å². The van der Waals surface area contributed by atoms with Gasteiger partial charge in [-0.2, -0.15) is 5.10 Å². The highest BCUT2D eigenvalue weighted by Gasteiger charge is 2.28. The second-order valence-corrected chi connectivity index (χ2v) is 6.88. The minimum Gasteiger partial charge on any atom is -0.337 e. The summed E-state index contributed by atoms with van der Waals surface area (Å²) >= 11 is 0. The molecule has 0 spiro atoms. The Balaban J connectivity index is 0.00000242. The Morgan fingerprint density at radius 1 is 1.50 bits per heavy atom. The summed E-state index contributed by atoms with van der Waals surface area (Å²) in [5.41, 5.74) is 0. The zero-order valence-corrected chi connectivity index (χ0v) is 14.3. The van der Waals surface area contributed by atoms with E-state index in [1.807, 2.05) is 7.05 Å². The first kappa shape index (κ1) is 18.9. The molecule has 2 rings (SSSR count). The molecule has 0 aliphatic carbocycles. The monoisotopic (exact) mass is 351 g/mol. The molecular weight excluding hydrogens is 330 g/mol. The van der Waals surface area contributed by atoms with Gasteiger partial charge in [-0.15, -0.1) is 12.4 Å². The van der Waals surface area contributed by atoms with Gasteiger partial charge in [0.1, 0.15) is 4.90 Å². The van der Waals surface area contributed by atoms with Crippen LogP contribution in [-0.2, 0) is 21.9 Å². The number of aromatic nitrogens is 2. The minimum absolute atomic E-state index is 0. The molecule has 0 saturated carbocycles. The third kappa shape index (κ3) is 4.42. The van der Waals surface area contributed by atoms with E-state index in [1.54, 1.807) is 11.9 Å². The molecule has 1 atom stereocenters. The molecule has 1 fully saturated rings. The Kier molecular flexibility index (Phi) is 6.79. The maximum atomic E-state index is 12.2. The van der Waals surface area contributed by atoms with Gasteiger partial charge in [-0.25, -0.2) is 13.1 Å². The molecule has 1 saturated heterocycles. The average Bonchev–Trinajstić information content (AvgIpc) is 3.06. The average molecular weight is 352 g/mol. The summed E-state index contributed by atoms with van der Waals surface area (Å²) in [7, 11) is -0.215. The van der Waals surface area contributed by atoms with E-state index in [0.717, 1.165) is 19.4 Å². The number of amides is 1. The first-order valence-electron chi connectivity index (χ1n) is 6.86. The summed E-state index contributed by atoms with van der Waals surface area (Å²) in [6, 6.07) is 0.144. The molecule has 10 heteroatoms. The van der Waals surface area contributed by atoms with Gasteiger partial charge in [0, 0.05) is 32.4 Å². The van der Waals surface area contributed by atoms with E-state index in [-0.39, 0.29) is 35.8 Å². The Bertz CT molecular complexity index is 604. The van der Waals surface area contributed by atoms with Crippen molar-refractivity contribution in [2.75, 3.05) is 26.7 Å². The summed E-state index contributed by atoms with van der Waals surface area (Å²) in [5.74, 6) is -0.194. The van der Waals surface area contributed by atoms with Gasteiger partial charge in [-0.1, -0.05) is 0 Å². The lowest BCUT2D eigenvalue weighted by Crippen LogP contribution is -2.45. The van der Waals surface area contributed by atoms with Crippen molar-refractivity contribution in [3.05, 3.63) is 12.4 Å². The molecule has 0 aromatic carbocycles. The number of sulfonamides is 1. The van der Waals surface area contributed by atoms with Crippen LogP contribution in [0.5, 0.6) is 0 Å². The van der Waals surface area contributed by atoms with E-state index < -0.39 is 10.0 Å². The number of nitrogens with zero attached hydrogens (tertiary/aromatic N) is 3. The van der Waals surface area contributed by atoms with Crippen molar-refractivity contribution in [1.29, 1.82) is 0 Å². The smallest absolute Gasteiger partial charge is 0.244 e. The molecule has 0 bridgehead atoms. The molecule has 1 aliphatic rings. The van der Waals surface area contributed by atoms with Crippen molar-refractivity contribution < 1.29 is 13.2 Å². The summed E-state index contributed by atoms with van der Waals surface area (Å²) in [6.07, 6.45) is 4.55. The standard InChI is InChI=1S/C12H21N5O3S.ClH/c1-13-6-10-4-3-5-17(10)12(18)8-15-21(19,20)11-7-14-16(2)9-11;/h7,9-10,13,15H,3-6,8H2,1-2H3;1H. The summed E-state index contributed by atoms with van der Waals surface area (Å²) in [6.45, 7) is 1.18. The zero-order chi connectivity index (χ0) is 15.5. The van der Waals surface area contributed by atoms with Crippen LogP contribution < -0.4 is 10.0 Å². The van der Waals surface area contributed by atoms with Crippen LogP contribution >= 0.6 is 12.4 Å². The fourth-order valence-electron chi connectivity index (χ4n) is 2.49. The van der Waals surface area contributed by atoms with Crippen molar-refractivity contribution in [3.8, 4) is 0 Å². The highest BCUT2D eigenvalue weighted by molar-refractivity contribution is 7.89. The van der Waals surface area contributed by atoms with Crippen LogP contribution in [0.1, 0.15) is 12.8 Å². The summed E-state index contributed by atoms with van der Waals surface area (Å²) in [4.78, 5) is 14.0. The fourth-order valence-corrected chi connectivity index (χ4v) is 3.45. The third-order valence-corrected chi connectivity index (χ3v) is 4.90. The van der Waals surface area contributed by atoms with Gasteiger partial charge in [0.05, 0.1) is 12.7 Å². The van der Waals surface area contributed by atoms with E-state index >= 15 is 0 Å². The number of aryl methyl sites for hydroxylation is 1. The maximum absolute atomic E-state index is 12.2. The van der Waals surface area contributed by atoms with Gasteiger partial charge in [0.25, 0.3) is 0 Å². The number of nitrogens with one attached hydrogen (secondary N) is 2. The molecule has 2 heterocycles. The fraction of sp³-hybridized carbons (Fsp3) is 0.667. The lowest BCUT2D eigenvalue weighted by Gasteiger charge is -2.24. The van der Waals surface area contributed by atoms with Crippen molar-refractivity contribution >= 4 is 28.3 Å². The van der Waals surface area contributed by atoms with Gasteiger partial charge < -0.3 is 10.2 Å². The molecule has 1 aromatic rings. The molecule has 1 amide bonds. The van der Waals surface area contributed by atoms with Crippen LogP contribution in [0, 0.1) is 0 Å². The largest absolute Gasteiger partial charge is 0.337 e. The van der Waals surface area contributed by atoms with Crippen LogP contribution in [-0.4, -0.2) is 61.7 Å². The predicted octanol–water partition coefficient (Wildman–Crippen LogP) is -0.669. The number of carbonyl (C=O) groups is 1. The normalized spacial score (nSPS) is 18.3. The molecule has 22 heavy (non-hydrogen) atoms. The molecule has 1 aliphatic heterocycles. The maximum Gasteiger partial charge on any atom is 0.244 e. The van der Waals surface area contributed by atoms with Crippen molar-refractivity contribution in [2.24, 2.45) is 7.05 Å². The molecule has 8 nitrogen and oxygen atoms in total. The van der Waals surface area contributed by atoms with Crippen molar-refractivity contribution in [2.45, 2.75) is 23.8 Å². The first-order valence-corrected chi connectivity index (χ1v) is 8.35. The van der Waals surface area contributed by atoms with Crippen molar-refractivity contribution in [3.63, 3.8) is 0 Å². The second kappa shape index (κ2) is 7.91. The number of likely N-dealkylation sites (N-methyl/N-ethyl adjacent to an activating group) is 1. The highest BCUT2D eigenvalue weighted by Crippen LogP contribution is 2.16. The van der Waals surface area contributed by atoms with Gasteiger partial charge in [-0.3, -0.25) is 9.48 Å².